The molecule has 2 amide bonds. The highest BCUT2D eigenvalue weighted by Gasteiger charge is 2.47. The van der Waals surface area contributed by atoms with Gasteiger partial charge in [-0.1, -0.05) is 36.9 Å². The summed E-state index contributed by atoms with van der Waals surface area (Å²) in [5, 5.41) is 2.95. The molecule has 0 aromatic rings. The van der Waals surface area contributed by atoms with Gasteiger partial charge in [0.05, 0.1) is 0 Å². The van der Waals surface area contributed by atoms with E-state index < -0.39 is 5.54 Å². The lowest BCUT2D eigenvalue weighted by atomic mass is 9.81. The molecule has 1 unspecified atom stereocenters. The fourth-order valence-electron chi connectivity index (χ4n) is 3.20. The van der Waals surface area contributed by atoms with E-state index in [1.54, 1.807) is 24.8 Å². The number of rotatable bonds is 3. The zero-order valence-corrected chi connectivity index (χ0v) is 12.9. The van der Waals surface area contributed by atoms with Crippen molar-refractivity contribution in [2.45, 2.75) is 57.5 Å². The summed E-state index contributed by atoms with van der Waals surface area (Å²) in [5.41, 5.74) is 0.574. The van der Waals surface area contributed by atoms with E-state index in [1.807, 2.05) is 0 Å². The van der Waals surface area contributed by atoms with Gasteiger partial charge in [0.1, 0.15) is 11.6 Å². The molecular formula is C15H23ClN2O2. The van der Waals surface area contributed by atoms with Crippen LogP contribution in [0.3, 0.4) is 0 Å². The van der Waals surface area contributed by atoms with E-state index in [-0.39, 0.29) is 23.8 Å². The first kappa shape index (κ1) is 15.4. The zero-order valence-electron chi connectivity index (χ0n) is 12.2. The topological polar surface area (TPSA) is 49.4 Å². The first-order valence-electron chi connectivity index (χ1n) is 7.36. The summed E-state index contributed by atoms with van der Waals surface area (Å²) in [6, 6.07) is -0.362. The van der Waals surface area contributed by atoms with E-state index in [0.717, 1.165) is 25.7 Å². The van der Waals surface area contributed by atoms with Crippen molar-refractivity contribution in [3.8, 4) is 0 Å². The largest absolute Gasteiger partial charge is 0.342 e. The van der Waals surface area contributed by atoms with Gasteiger partial charge in [-0.25, -0.2) is 0 Å². The number of amides is 2. The van der Waals surface area contributed by atoms with Crippen LogP contribution in [0.25, 0.3) is 0 Å². The number of halogens is 1. The van der Waals surface area contributed by atoms with E-state index in [2.05, 4.69) is 5.32 Å². The van der Waals surface area contributed by atoms with Crippen LogP contribution in [0.15, 0.2) is 11.6 Å². The maximum Gasteiger partial charge on any atom is 0.246 e. The van der Waals surface area contributed by atoms with Crippen LogP contribution < -0.4 is 5.32 Å². The summed E-state index contributed by atoms with van der Waals surface area (Å²) in [5.74, 6) is 0.227. The van der Waals surface area contributed by atoms with Crippen LogP contribution in [0.5, 0.6) is 0 Å². The molecule has 1 N–H and O–H groups in total. The number of piperazine rings is 1. The Morgan fingerprint density at radius 3 is 2.55 bits per heavy atom. The summed E-state index contributed by atoms with van der Waals surface area (Å²) in [4.78, 5) is 26.7. The van der Waals surface area contributed by atoms with Crippen molar-refractivity contribution in [1.29, 1.82) is 0 Å². The standard InChI is InChI=1S/C15H23ClN2O2/c1-15(2)14(20)17-12(11-7-4-3-5-8-11)13(19)18(15)10-6-9-16/h6,9,11-12H,3-5,7-8,10H2,1-2H3,(H,17,20)/b9-6+. The van der Waals surface area contributed by atoms with Gasteiger partial charge in [0.15, 0.2) is 0 Å². The lowest BCUT2D eigenvalue weighted by Crippen LogP contribution is -2.69. The number of nitrogens with zero attached hydrogens (tertiary/aromatic N) is 1. The smallest absolute Gasteiger partial charge is 0.246 e. The molecule has 1 atom stereocenters. The number of carbonyl (C=O) groups is 2. The van der Waals surface area contributed by atoms with Crippen LogP contribution in [0.2, 0.25) is 0 Å². The van der Waals surface area contributed by atoms with E-state index in [4.69, 9.17) is 11.6 Å². The maximum atomic E-state index is 12.7. The molecule has 4 nitrogen and oxygen atoms in total. The molecule has 0 spiro atoms. The minimum absolute atomic E-state index is 0.0243. The molecule has 2 aliphatic rings. The molecule has 20 heavy (non-hydrogen) atoms. The Hall–Kier alpha value is -1.03. The van der Waals surface area contributed by atoms with Gasteiger partial charge in [0.25, 0.3) is 0 Å². The second kappa shape index (κ2) is 6.17. The van der Waals surface area contributed by atoms with E-state index in [0.29, 0.717) is 6.54 Å². The minimum Gasteiger partial charge on any atom is -0.342 e. The van der Waals surface area contributed by atoms with Crippen LogP contribution in [0.4, 0.5) is 0 Å². The van der Waals surface area contributed by atoms with Gasteiger partial charge < -0.3 is 10.2 Å². The Labute approximate surface area is 125 Å². The molecule has 1 saturated carbocycles. The van der Waals surface area contributed by atoms with E-state index >= 15 is 0 Å². The molecule has 112 valence electrons. The molecule has 0 radical (unpaired) electrons. The molecule has 1 aliphatic heterocycles. The lowest BCUT2D eigenvalue weighted by molar-refractivity contribution is -0.156. The third-order valence-corrected chi connectivity index (χ3v) is 4.73. The van der Waals surface area contributed by atoms with Gasteiger partial charge in [0, 0.05) is 12.1 Å². The average molecular weight is 299 g/mol. The monoisotopic (exact) mass is 298 g/mol. The SMILES string of the molecule is CC1(C)C(=O)NC(C2CCCCC2)C(=O)N1C/C=C/Cl. The minimum atomic E-state index is -0.821. The van der Waals surface area contributed by atoms with Gasteiger partial charge in [-0.2, -0.15) is 0 Å². The van der Waals surface area contributed by atoms with E-state index in [1.165, 1.54) is 12.0 Å². The molecule has 1 saturated heterocycles. The second-order valence-corrected chi connectivity index (χ2v) is 6.47. The molecule has 1 aliphatic carbocycles. The van der Waals surface area contributed by atoms with Gasteiger partial charge in [0.2, 0.25) is 11.8 Å². The molecule has 2 rings (SSSR count). The van der Waals surface area contributed by atoms with Crippen molar-refractivity contribution in [3.63, 3.8) is 0 Å². The van der Waals surface area contributed by atoms with Crippen LogP contribution in [0.1, 0.15) is 46.0 Å². The van der Waals surface area contributed by atoms with E-state index in [9.17, 15) is 9.59 Å². The third kappa shape index (κ3) is 2.85. The highest BCUT2D eigenvalue weighted by molar-refractivity contribution is 6.25. The van der Waals surface area contributed by atoms with Gasteiger partial charge >= 0.3 is 0 Å². The van der Waals surface area contributed by atoms with Crippen LogP contribution in [0, 0.1) is 5.92 Å². The first-order valence-corrected chi connectivity index (χ1v) is 7.80. The molecule has 0 aromatic carbocycles. The van der Waals surface area contributed by atoms with Crippen molar-refractivity contribution < 1.29 is 9.59 Å². The Bertz CT molecular complexity index is 414. The number of hydrogen-bond acceptors (Lipinski definition) is 2. The fraction of sp³-hybridized carbons (Fsp3) is 0.733. The van der Waals surface area contributed by atoms with Crippen molar-refractivity contribution in [2.75, 3.05) is 6.54 Å². The van der Waals surface area contributed by atoms with Gasteiger partial charge in [-0.05, 0) is 32.6 Å². The van der Waals surface area contributed by atoms with Crippen molar-refractivity contribution in [2.24, 2.45) is 5.92 Å². The summed E-state index contributed by atoms with van der Waals surface area (Å²) in [6.45, 7) is 3.94. The Morgan fingerprint density at radius 2 is 1.95 bits per heavy atom. The third-order valence-electron chi connectivity index (χ3n) is 4.55. The summed E-state index contributed by atoms with van der Waals surface area (Å²) in [6.07, 6.45) is 7.28. The van der Waals surface area contributed by atoms with Crippen LogP contribution in [-0.4, -0.2) is 34.8 Å². The molecule has 2 fully saturated rings. The Morgan fingerprint density at radius 1 is 1.30 bits per heavy atom. The molecule has 1 heterocycles. The highest BCUT2D eigenvalue weighted by Crippen LogP contribution is 2.31. The van der Waals surface area contributed by atoms with Crippen molar-refractivity contribution in [3.05, 3.63) is 11.6 Å². The molecule has 0 bridgehead atoms. The molecule has 0 aromatic heterocycles. The number of carbonyl (C=O) groups excluding carboxylic acids is 2. The second-order valence-electron chi connectivity index (χ2n) is 6.22. The lowest BCUT2D eigenvalue weighted by Gasteiger charge is -2.46. The van der Waals surface area contributed by atoms with Gasteiger partial charge in [-0.3, -0.25) is 9.59 Å². The normalized spacial score (nSPS) is 27.9. The van der Waals surface area contributed by atoms with Crippen molar-refractivity contribution in [1.82, 2.24) is 10.2 Å². The molecule has 5 heteroatoms. The quantitative estimate of drug-likeness (QED) is 0.870. The van der Waals surface area contributed by atoms with Crippen LogP contribution >= 0.6 is 11.6 Å². The first-order chi connectivity index (χ1) is 9.48. The fourth-order valence-corrected chi connectivity index (χ4v) is 3.28. The Kier molecular flexibility index (Phi) is 4.74. The summed E-state index contributed by atoms with van der Waals surface area (Å²) >= 11 is 5.56. The highest BCUT2D eigenvalue weighted by atomic mass is 35.5. The molecular weight excluding hydrogens is 276 g/mol. The Balaban J connectivity index is 2.19. The van der Waals surface area contributed by atoms with Gasteiger partial charge in [-0.15, -0.1) is 0 Å². The predicted octanol–water partition coefficient (Wildman–Crippen LogP) is 2.42. The maximum absolute atomic E-state index is 12.7. The number of nitrogens with one attached hydrogen (secondary N) is 1. The summed E-state index contributed by atoms with van der Waals surface area (Å²) in [7, 11) is 0. The van der Waals surface area contributed by atoms with Crippen molar-refractivity contribution >= 4 is 23.4 Å². The zero-order chi connectivity index (χ0) is 14.8. The number of hydrogen-bond donors (Lipinski definition) is 1. The average Bonchev–Trinajstić information content (AvgIpc) is 2.44. The predicted molar refractivity (Wildman–Crippen MR) is 79.3 cm³/mol. The van der Waals surface area contributed by atoms with Crippen LogP contribution in [-0.2, 0) is 9.59 Å². The summed E-state index contributed by atoms with van der Waals surface area (Å²) < 4.78 is 0.